The molecule has 1 aromatic heterocycles. The second-order valence-corrected chi connectivity index (χ2v) is 8.53. The van der Waals surface area contributed by atoms with E-state index in [1.54, 1.807) is 25.1 Å². The molecule has 2 aromatic carbocycles. The summed E-state index contributed by atoms with van der Waals surface area (Å²) in [7, 11) is 0. The van der Waals surface area contributed by atoms with Gasteiger partial charge in [-0.15, -0.1) is 11.3 Å². The van der Waals surface area contributed by atoms with Crippen molar-refractivity contribution in [3.63, 3.8) is 0 Å². The van der Waals surface area contributed by atoms with Crippen LogP contribution in [0.3, 0.4) is 0 Å². The molecule has 11 heteroatoms. The second kappa shape index (κ2) is 8.54. The summed E-state index contributed by atoms with van der Waals surface area (Å²) in [5.74, 6) is 1.53. The largest absolute Gasteiger partial charge is 0.302 e. The number of aromatic nitrogens is 1. The van der Waals surface area contributed by atoms with Gasteiger partial charge in [-0.2, -0.15) is 5.10 Å². The first kappa shape index (κ1) is 21.7. The zero-order valence-corrected chi connectivity index (χ0v) is 18.7. The number of thiocarbonyl (C=S) groups is 1. The Labute approximate surface area is 192 Å². The number of anilines is 1. The van der Waals surface area contributed by atoms with Crippen LogP contribution in [0.2, 0.25) is 0 Å². The number of nitrogens with zero attached hydrogens (tertiary/aromatic N) is 3. The number of fused-ring (bicyclic) bond motifs is 1. The Bertz CT molecular complexity index is 1280. The van der Waals surface area contributed by atoms with E-state index in [1.165, 1.54) is 11.3 Å². The van der Waals surface area contributed by atoms with Gasteiger partial charge < -0.3 is 0 Å². The molecule has 0 aliphatic carbocycles. The number of hydrazine groups is 1. The van der Waals surface area contributed by atoms with Gasteiger partial charge in [0.05, 0.1) is 15.9 Å². The number of carbonyl (C=O) groups is 3. The van der Waals surface area contributed by atoms with E-state index >= 15 is 0 Å². The van der Waals surface area contributed by atoms with Gasteiger partial charge in [0.15, 0.2) is 0 Å². The number of carbonyl (C=O) groups excluding carboxylic acids is 3. The summed E-state index contributed by atoms with van der Waals surface area (Å²) in [5, 5.41) is 4.30. The number of benzene rings is 2. The maximum absolute atomic E-state index is 13.5. The Balaban J connectivity index is 1.86. The van der Waals surface area contributed by atoms with Crippen LogP contribution in [0.1, 0.15) is 22.1 Å². The van der Waals surface area contributed by atoms with Crippen LogP contribution in [-0.4, -0.2) is 33.4 Å². The van der Waals surface area contributed by atoms with Crippen molar-refractivity contribution in [1.29, 1.82) is 0 Å². The van der Waals surface area contributed by atoms with E-state index in [1.807, 2.05) is 31.2 Å². The monoisotopic (exact) mass is 466 g/mol. The van der Waals surface area contributed by atoms with Gasteiger partial charge >= 0.3 is 5.91 Å². The molecule has 4 rings (SSSR count). The number of piperidine rings is 1. The third kappa shape index (κ3) is 3.66. The fourth-order valence-corrected chi connectivity index (χ4v) is 4.50. The minimum absolute atomic E-state index is 0.0593. The van der Waals surface area contributed by atoms with Gasteiger partial charge in [-0.05, 0) is 55.4 Å². The van der Waals surface area contributed by atoms with Crippen LogP contribution in [0.15, 0.2) is 47.6 Å². The lowest BCUT2D eigenvalue weighted by Crippen LogP contribution is -2.55. The van der Waals surface area contributed by atoms with Gasteiger partial charge in [0.25, 0.3) is 5.91 Å². The standard InChI is InChI=1S/C21H18N6O3S2/c1-10-6-5-8-13(11(10)2)27-19(29)16(25-26-21(31)24-22)15(17(28)20(27)30)18-23-12-7-3-4-9-14(12)32-18/h3-9,15H,22H2,1-2H3,(H2,24,26,31)/b25-16+/t15-/m0/s1. The molecule has 0 spiro atoms. The van der Waals surface area contributed by atoms with Gasteiger partial charge in [-0.3, -0.25) is 25.2 Å². The fourth-order valence-electron chi connectivity index (χ4n) is 3.38. The predicted molar refractivity (Wildman–Crippen MR) is 126 cm³/mol. The molecule has 162 valence electrons. The lowest BCUT2D eigenvalue weighted by Gasteiger charge is -2.30. The Kier molecular flexibility index (Phi) is 5.78. The topological polar surface area (TPSA) is 130 Å². The first-order chi connectivity index (χ1) is 15.3. The summed E-state index contributed by atoms with van der Waals surface area (Å²) in [6.45, 7) is 3.63. The van der Waals surface area contributed by atoms with Gasteiger partial charge in [0, 0.05) is 0 Å². The summed E-state index contributed by atoms with van der Waals surface area (Å²) in [6, 6.07) is 12.5. The molecule has 2 heterocycles. The average molecular weight is 467 g/mol. The molecule has 1 aliphatic rings. The zero-order chi connectivity index (χ0) is 23.0. The van der Waals surface area contributed by atoms with Crippen LogP contribution in [0, 0.1) is 13.8 Å². The minimum atomic E-state index is -1.26. The quantitative estimate of drug-likeness (QED) is 0.175. The van der Waals surface area contributed by atoms with Crippen LogP contribution in [0.5, 0.6) is 0 Å². The van der Waals surface area contributed by atoms with Crippen molar-refractivity contribution in [3.05, 3.63) is 58.6 Å². The molecule has 1 aliphatic heterocycles. The van der Waals surface area contributed by atoms with E-state index in [0.29, 0.717) is 21.8 Å². The number of nitrogens with one attached hydrogen (secondary N) is 2. The summed E-state index contributed by atoms with van der Waals surface area (Å²) in [4.78, 5) is 45.3. The molecule has 1 saturated heterocycles. The number of para-hydroxylation sites is 1. The van der Waals surface area contributed by atoms with Gasteiger partial charge in [-0.1, -0.05) is 24.3 Å². The lowest BCUT2D eigenvalue weighted by atomic mass is 9.91. The van der Waals surface area contributed by atoms with Crippen molar-refractivity contribution in [1.82, 2.24) is 15.8 Å². The number of imide groups is 1. The van der Waals surface area contributed by atoms with Crippen molar-refractivity contribution in [2.75, 3.05) is 4.90 Å². The third-order valence-corrected chi connectivity index (χ3v) is 6.47. The van der Waals surface area contributed by atoms with Crippen LogP contribution in [0.25, 0.3) is 10.2 Å². The number of hydrogen-bond donors (Lipinski definition) is 3. The molecular formula is C21H18N6O3S2. The van der Waals surface area contributed by atoms with E-state index in [0.717, 1.165) is 15.2 Å². The smallest absolute Gasteiger partial charge is 0.300 e. The molecule has 32 heavy (non-hydrogen) atoms. The summed E-state index contributed by atoms with van der Waals surface area (Å²) >= 11 is 6.16. The Morgan fingerprint density at radius 3 is 2.59 bits per heavy atom. The normalized spacial score (nSPS) is 17.8. The van der Waals surface area contributed by atoms with Crippen LogP contribution < -0.4 is 21.6 Å². The molecule has 2 amide bonds. The van der Waals surface area contributed by atoms with E-state index < -0.39 is 23.5 Å². The molecule has 0 bridgehead atoms. The fraction of sp³-hybridized carbons (Fsp3) is 0.143. The van der Waals surface area contributed by atoms with E-state index in [4.69, 9.17) is 18.1 Å². The van der Waals surface area contributed by atoms with Gasteiger partial charge in [-0.25, -0.2) is 15.7 Å². The first-order valence-electron chi connectivity index (χ1n) is 9.52. The third-order valence-electron chi connectivity index (χ3n) is 5.16. The van der Waals surface area contributed by atoms with Crippen molar-refractivity contribution >= 4 is 67.9 Å². The molecular weight excluding hydrogens is 448 g/mol. The number of Topliss-reactive ketones (excluding diaryl/α,β-unsaturated/α-hetero) is 1. The van der Waals surface area contributed by atoms with Crippen molar-refractivity contribution < 1.29 is 14.4 Å². The number of thiazole rings is 1. The van der Waals surface area contributed by atoms with Crippen LogP contribution in [0.4, 0.5) is 5.69 Å². The highest BCUT2D eigenvalue weighted by atomic mass is 32.1. The molecule has 0 unspecified atom stereocenters. The SMILES string of the molecule is Cc1cccc(N2C(=O)C(=O)[C@@H](c3nc4ccccc4s3)/C(=N\NC(=S)NN)C2=O)c1C. The van der Waals surface area contributed by atoms with Crippen LogP contribution >= 0.6 is 23.6 Å². The maximum Gasteiger partial charge on any atom is 0.302 e. The predicted octanol–water partition coefficient (Wildman–Crippen LogP) is 1.83. The van der Waals surface area contributed by atoms with Crippen molar-refractivity contribution in [2.45, 2.75) is 19.8 Å². The second-order valence-electron chi connectivity index (χ2n) is 7.06. The Morgan fingerprint density at radius 1 is 1.12 bits per heavy atom. The number of hydrazone groups is 1. The van der Waals surface area contributed by atoms with Crippen molar-refractivity contribution in [3.8, 4) is 0 Å². The van der Waals surface area contributed by atoms with E-state index in [-0.39, 0.29) is 10.8 Å². The maximum atomic E-state index is 13.5. The molecule has 0 saturated carbocycles. The number of nitrogens with two attached hydrogens (primary N) is 1. The average Bonchev–Trinajstić information content (AvgIpc) is 3.21. The number of rotatable bonds is 3. The van der Waals surface area contributed by atoms with Gasteiger partial charge in [0.1, 0.15) is 16.6 Å². The highest BCUT2D eigenvalue weighted by molar-refractivity contribution is 7.80. The van der Waals surface area contributed by atoms with Gasteiger partial charge in [0.2, 0.25) is 10.9 Å². The Morgan fingerprint density at radius 2 is 1.88 bits per heavy atom. The first-order valence-corrected chi connectivity index (χ1v) is 10.7. The molecule has 4 N–H and O–H groups in total. The molecule has 9 nitrogen and oxygen atoms in total. The zero-order valence-electron chi connectivity index (χ0n) is 17.1. The minimum Gasteiger partial charge on any atom is -0.300 e. The highest BCUT2D eigenvalue weighted by Gasteiger charge is 2.48. The number of hydrogen-bond acceptors (Lipinski definition) is 8. The van der Waals surface area contributed by atoms with Crippen molar-refractivity contribution in [2.24, 2.45) is 10.9 Å². The number of ketones is 1. The molecule has 0 radical (unpaired) electrons. The number of amides is 2. The van der Waals surface area contributed by atoms with Crippen LogP contribution in [-0.2, 0) is 14.4 Å². The lowest BCUT2D eigenvalue weighted by molar-refractivity contribution is -0.139. The summed E-state index contributed by atoms with van der Waals surface area (Å²) in [5.41, 5.74) is 6.99. The number of aryl methyl sites for hydroxylation is 1. The molecule has 3 aromatic rings. The summed E-state index contributed by atoms with van der Waals surface area (Å²) in [6.07, 6.45) is 0. The Hall–Kier alpha value is -3.54. The molecule has 1 atom stereocenters. The molecule has 1 fully saturated rings. The van der Waals surface area contributed by atoms with E-state index in [9.17, 15) is 14.4 Å². The summed E-state index contributed by atoms with van der Waals surface area (Å²) < 4.78 is 0.818. The van der Waals surface area contributed by atoms with E-state index in [2.05, 4.69) is 20.9 Å². The highest BCUT2D eigenvalue weighted by Crippen LogP contribution is 2.34.